The second kappa shape index (κ2) is 8.79. The molecule has 2 N–H and O–H groups in total. The van der Waals surface area contributed by atoms with Gasteiger partial charge in [0.2, 0.25) is 0 Å². The molecule has 0 atom stereocenters. The first-order valence-electron chi connectivity index (χ1n) is 6.97. The van der Waals surface area contributed by atoms with E-state index in [1.54, 1.807) is 0 Å². The van der Waals surface area contributed by atoms with Gasteiger partial charge >= 0.3 is 6.36 Å². The maximum absolute atomic E-state index is 12.0. The molecule has 124 valence electrons. The summed E-state index contributed by atoms with van der Waals surface area (Å²) in [5, 5.41) is 6.38. The van der Waals surface area contributed by atoms with Crippen LogP contribution in [0.5, 0.6) is 5.75 Å². The van der Waals surface area contributed by atoms with Gasteiger partial charge in [-0.05, 0) is 49.6 Å². The number of hydrogen-bond donors (Lipinski definition) is 2. The molecule has 0 saturated heterocycles. The summed E-state index contributed by atoms with van der Waals surface area (Å²) in [6.07, 6.45) is -4.68. The third kappa shape index (κ3) is 7.46. The van der Waals surface area contributed by atoms with Gasteiger partial charge in [-0.15, -0.1) is 13.2 Å². The minimum Gasteiger partial charge on any atom is -0.406 e. The second-order valence-corrected chi connectivity index (χ2v) is 4.89. The van der Waals surface area contributed by atoms with E-state index in [0.717, 1.165) is 19.6 Å². The maximum Gasteiger partial charge on any atom is 0.573 e. The Morgan fingerprint density at radius 1 is 1.18 bits per heavy atom. The van der Waals surface area contributed by atoms with Crippen molar-refractivity contribution in [3.8, 4) is 5.75 Å². The average molecular weight is 335 g/mol. The molecule has 22 heavy (non-hydrogen) atoms. The zero-order chi connectivity index (χ0) is 16.6. The molecule has 1 rings (SSSR count). The fraction of sp³-hybridized carbons (Fsp3) is 0.500. The fourth-order valence-corrected chi connectivity index (χ4v) is 2.00. The van der Waals surface area contributed by atoms with Crippen molar-refractivity contribution in [3.63, 3.8) is 0 Å². The lowest BCUT2D eigenvalue weighted by Crippen LogP contribution is -2.36. The van der Waals surface area contributed by atoms with Crippen molar-refractivity contribution in [2.45, 2.75) is 20.2 Å². The summed E-state index contributed by atoms with van der Waals surface area (Å²) in [4.78, 5) is 2.25. The largest absolute Gasteiger partial charge is 0.573 e. The number of ether oxygens (including phenoxy) is 1. The SMILES string of the molecule is CCN(CC)CCNC(=S)Nc1ccc(OC(F)(F)F)cc1. The van der Waals surface area contributed by atoms with Crippen molar-refractivity contribution < 1.29 is 17.9 Å². The number of likely N-dealkylation sites (N-methyl/N-ethyl adjacent to an activating group) is 1. The van der Waals surface area contributed by atoms with E-state index in [9.17, 15) is 13.2 Å². The van der Waals surface area contributed by atoms with Crippen LogP contribution >= 0.6 is 12.2 Å². The normalized spacial score (nSPS) is 11.4. The van der Waals surface area contributed by atoms with Crippen LogP contribution in [0.1, 0.15) is 13.8 Å². The molecule has 0 amide bonds. The van der Waals surface area contributed by atoms with Gasteiger partial charge in [0, 0.05) is 18.8 Å². The number of thiocarbonyl (C=S) groups is 1. The highest BCUT2D eigenvalue weighted by Gasteiger charge is 2.30. The van der Waals surface area contributed by atoms with Crippen LogP contribution in [0, 0.1) is 0 Å². The van der Waals surface area contributed by atoms with Crippen molar-refractivity contribution in [1.82, 2.24) is 10.2 Å². The van der Waals surface area contributed by atoms with E-state index in [1.807, 2.05) is 0 Å². The van der Waals surface area contributed by atoms with E-state index in [0.29, 0.717) is 17.3 Å². The van der Waals surface area contributed by atoms with Crippen molar-refractivity contribution in [2.24, 2.45) is 0 Å². The quantitative estimate of drug-likeness (QED) is 0.749. The molecule has 1 aromatic rings. The highest BCUT2D eigenvalue weighted by atomic mass is 32.1. The lowest BCUT2D eigenvalue weighted by molar-refractivity contribution is -0.274. The zero-order valence-corrected chi connectivity index (χ0v) is 13.4. The topological polar surface area (TPSA) is 36.5 Å². The number of nitrogens with one attached hydrogen (secondary N) is 2. The van der Waals surface area contributed by atoms with Crippen LogP contribution < -0.4 is 15.4 Å². The number of rotatable bonds is 7. The van der Waals surface area contributed by atoms with Crippen LogP contribution in [-0.2, 0) is 0 Å². The predicted octanol–water partition coefficient (Wildman–Crippen LogP) is 3.21. The van der Waals surface area contributed by atoms with Gasteiger partial charge in [0.25, 0.3) is 0 Å². The summed E-state index contributed by atoms with van der Waals surface area (Å²) >= 11 is 5.13. The van der Waals surface area contributed by atoms with E-state index in [2.05, 4.69) is 34.1 Å². The Balaban J connectivity index is 2.38. The van der Waals surface area contributed by atoms with E-state index in [4.69, 9.17) is 12.2 Å². The van der Waals surface area contributed by atoms with Gasteiger partial charge in [-0.3, -0.25) is 0 Å². The first-order chi connectivity index (χ1) is 10.3. The number of hydrogen-bond acceptors (Lipinski definition) is 3. The number of halogens is 3. The lowest BCUT2D eigenvalue weighted by Gasteiger charge is -2.19. The molecular weight excluding hydrogens is 315 g/mol. The standard InChI is InChI=1S/C14H20F3N3OS/c1-3-20(4-2)10-9-18-13(22)19-11-5-7-12(8-6-11)21-14(15,16)17/h5-8H,3-4,9-10H2,1-2H3,(H2,18,19,22). The number of nitrogens with zero attached hydrogens (tertiary/aromatic N) is 1. The van der Waals surface area contributed by atoms with Crippen LogP contribution in [0.4, 0.5) is 18.9 Å². The summed E-state index contributed by atoms with van der Waals surface area (Å²) in [5.74, 6) is -0.265. The Labute approximate surface area is 133 Å². The monoisotopic (exact) mass is 335 g/mol. The first-order valence-corrected chi connectivity index (χ1v) is 7.38. The molecule has 0 aliphatic rings. The Hall–Kier alpha value is -1.54. The van der Waals surface area contributed by atoms with E-state index in [-0.39, 0.29) is 5.75 Å². The Morgan fingerprint density at radius 3 is 2.27 bits per heavy atom. The summed E-state index contributed by atoms with van der Waals surface area (Å²) in [6, 6.07) is 5.40. The van der Waals surface area contributed by atoms with E-state index >= 15 is 0 Å². The third-order valence-electron chi connectivity index (χ3n) is 2.95. The van der Waals surface area contributed by atoms with Gasteiger partial charge in [0.15, 0.2) is 5.11 Å². The van der Waals surface area contributed by atoms with Gasteiger partial charge in [-0.1, -0.05) is 13.8 Å². The molecule has 1 aromatic carbocycles. The predicted molar refractivity (Wildman–Crippen MR) is 85.1 cm³/mol. The molecule has 0 fully saturated rings. The molecule has 0 saturated carbocycles. The maximum atomic E-state index is 12.0. The lowest BCUT2D eigenvalue weighted by atomic mass is 10.3. The van der Waals surface area contributed by atoms with Crippen LogP contribution in [0.25, 0.3) is 0 Å². The summed E-state index contributed by atoms with van der Waals surface area (Å²) < 4.78 is 39.9. The first kappa shape index (κ1) is 18.5. The summed E-state index contributed by atoms with van der Waals surface area (Å²) in [5.41, 5.74) is 0.592. The molecule has 0 aliphatic heterocycles. The Morgan fingerprint density at radius 2 is 1.77 bits per heavy atom. The molecule has 0 heterocycles. The van der Waals surface area contributed by atoms with Crippen molar-refractivity contribution in [2.75, 3.05) is 31.5 Å². The molecule has 0 unspecified atom stereocenters. The smallest absolute Gasteiger partial charge is 0.406 e. The van der Waals surface area contributed by atoms with Crippen LogP contribution in [0.2, 0.25) is 0 Å². The highest BCUT2D eigenvalue weighted by molar-refractivity contribution is 7.80. The summed E-state index contributed by atoms with van der Waals surface area (Å²) in [7, 11) is 0. The fourth-order valence-electron chi connectivity index (χ4n) is 1.78. The molecule has 4 nitrogen and oxygen atoms in total. The van der Waals surface area contributed by atoms with Crippen LogP contribution in [-0.4, -0.2) is 42.6 Å². The van der Waals surface area contributed by atoms with Gasteiger partial charge in [-0.2, -0.15) is 0 Å². The number of alkyl halides is 3. The molecule has 0 aliphatic carbocycles. The minimum atomic E-state index is -4.68. The highest BCUT2D eigenvalue weighted by Crippen LogP contribution is 2.23. The molecule has 0 spiro atoms. The molecule has 0 bridgehead atoms. The molecule has 0 radical (unpaired) electrons. The second-order valence-electron chi connectivity index (χ2n) is 4.48. The zero-order valence-electron chi connectivity index (χ0n) is 12.5. The third-order valence-corrected chi connectivity index (χ3v) is 3.20. The van der Waals surface area contributed by atoms with Crippen molar-refractivity contribution in [1.29, 1.82) is 0 Å². The van der Waals surface area contributed by atoms with Gasteiger partial charge in [-0.25, -0.2) is 0 Å². The molecular formula is C14H20F3N3OS. The Bertz CT molecular complexity index is 461. The Kier molecular flexibility index (Phi) is 7.40. The van der Waals surface area contributed by atoms with Gasteiger partial charge in [0.1, 0.15) is 5.75 Å². The number of anilines is 1. The minimum absolute atomic E-state index is 0.265. The van der Waals surface area contributed by atoms with Gasteiger partial charge in [0.05, 0.1) is 0 Å². The van der Waals surface area contributed by atoms with E-state index in [1.165, 1.54) is 24.3 Å². The van der Waals surface area contributed by atoms with Crippen molar-refractivity contribution in [3.05, 3.63) is 24.3 Å². The van der Waals surface area contributed by atoms with E-state index < -0.39 is 6.36 Å². The molecule has 0 aromatic heterocycles. The molecule has 8 heteroatoms. The van der Waals surface area contributed by atoms with Crippen molar-refractivity contribution >= 4 is 23.0 Å². The van der Waals surface area contributed by atoms with Gasteiger partial charge < -0.3 is 20.3 Å². The average Bonchev–Trinajstić information content (AvgIpc) is 2.44. The van der Waals surface area contributed by atoms with Crippen LogP contribution in [0.15, 0.2) is 24.3 Å². The summed E-state index contributed by atoms with van der Waals surface area (Å²) in [6.45, 7) is 7.68. The number of benzene rings is 1. The van der Waals surface area contributed by atoms with Crippen LogP contribution in [0.3, 0.4) is 0 Å².